The van der Waals surface area contributed by atoms with Gasteiger partial charge in [-0.15, -0.1) is 0 Å². The van der Waals surface area contributed by atoms with Crippen LogP contribution >= 0.6 is 0 Å². The molecule has 1 atom stereocenters. The molecule has 0 saturated heterocycles. The van der Waals surface area contributed by atoms with Crippen molar-refractivity contribution in [2.75, 3.05) is 19.8 Å². The molecule has 0 aliphatic rings. The van der Waals surface area contributed by atoms with Crippen LogP contribution in [0.5, 0.6) is 0 Å². The molecule has 0 amide bonds. The largest absolute Gasteiger partial charge is 0.462 e. The van der Waals surface area contributed by atoms with Gasteiger partial charge in [-0.05, 0) is 109 Å². The highest BCUT2D eigenvalue weighted by Gasteiger charge is 2.17. The number of esters is 2. The van der Waals surface area contributed by atoms with Gasteiger partial charge in [-0.1, -0.05) is 176 Å². The predicted molar refractivity (Wildman–Crippen MR) is 251 cm³/mol. The first-order valence-corrected chi connectivity index (χ1v) is 23.8. The Morgan fingerprint density at radius 1 is 0.397 bits per heavy atom. The van der Waals surface area contributed by atoms with E-state index in [-0.39, 0.29) is 25.2 Å². The number of hydrogen-bond donors (Lipinski definition) is 0. The third kappa shape index (κ3) is 45.5. The summed E-state index contributed by atoms with van der Waals surface area (Å²) in [5, 5.41) is 0. The van der Waals surface area contributed by atoms with Crippen molar-refractivity contribution in [2.45, 2.75) is 207 Å². The van der Waals surface area contributed by atoms with Gasteiger partial charge in [-0.3, -0.25) is 9.59 Å². The van der Waals surface area contributed by atoms with Gasteiger partial charge in [0.1, 0.15) is 6.61 Å². The second-order valence-electron chi connectivity index (χ2n) is 15.2. The molecule has 5 heteroatoms. The van der Waals surface area contributed by atoms with Crippen molar-refractivity contribution in [1.82, 2.24) is 0 Å². The van der Waals surface area contributed by atoms with Gasteiger partial charge in [0.15, 0.2) is 6.10 Å². The van der Waals surface area contributed by atoms with Gasteiger partial charge in [0.25, 0.3) is 0 Å². The molecule has 330 valence electrons. The number of rotatable bonds is 42. The van der Waals surface area contributed by atoms with Crippen LogP contribution in [0.2, 0.25) is 0 Å². The third-order valence-electron chi connectivity index (χ3n) is 9.58. The van der Waals surface area contributed by atoms with Crippen LogP contribution in [0.25, 0.3) is 0 Å². The zero-order chi connectivity index (χ0) is 42.1. The average Bonchev–Trinajstić information content (AvgIpc) is 3.22. The van der Waals surface area contributed by atoms with Crippen molar-refractivity contribution in [3.05, 3.63) is 97.2 Å². The fourth-order valence-electron chi connectivity index (χ4n) is 6.08. The van der Waals surface area contributed by atoms with E-state index in [4.69, 9.17) is 14.2 Å². The highest BCUT2D eigenvalue weighted by Crippen LogP contribution is 2.12. The van der Waals surface area contributed by atoms with Gasteiger partial charge in [-0.2, -0.15) is 0 Å². The molecule has 0 rings (SSSR count). The molecule has 0 fully saturated rings. The first-order chi connectivity index (χ1) is 28.6. The van der Waals surface area contributed by atoms with E-state index in [2.05, 4.69) is 118 Å². The Morgan fingerprint density at radius 3 is 1.26 bits per heavy atom. The van der Waals surface area contributed by atoms with Crippen molar-refractivity contribution >= 4 is 11.9 Å². The van der Waals surface area contributed by atoms with Crippen LogP contribution in [0.4, 0.5) is 0 Å². The molecule has 0 aromatic carbocycles. The Labute approximate surface area is 358 Å². The van der Waals surface area contributed by atoms with E-state index in [0.29, 0.717) is 19.4 Å². The molecule has 5 nitrogen and oxygen atoms in total. The van der Waals surface area contributed by atoms with Crippen molar-refractivity contribution in [3.8, 4) is 0 Å². The van der Waals surface area contributed by atoms with Gasteiger partial charge >= 0.3 is 11.9 Å². The van der Waals surface area contributed by atoms with E-state index in [1.54, 1.807) is 0 Å². The molecule has 0 aromatic rings. The van der Waals surface area contributed by atoms with Gasteiger partial charge < -0.3 is 14.2 Å². The van der Waals surface area contributed by atoms with Crippen LogP contribution in [-0.2, 0) is 23.8 Å². The van der Waals surface area contributed by atoms with E-state index in [1.165, 1.54) is 44.9 Å². The topological polar surface area (TPSA) is 61.8 Å². The summed E-state index contributed by atoms with van der Waals surface area (Å²) in [7, 11) is 0. The average molecular weight is 805 g/mol. The van der Waals surface area contributed by atoms with Crippen LogP contribution in [0.1, 0.15) is 201 Å². The summed E-state index contributed by atoms with van der Waals surface area (Å²) in [5.74, 6) is -0.453. The van der Waals surface area contributed by atoms with Crippen LogP contribution in [0.15, 0.2) is 97.2 Å². The second-order valence-corrected chi connectivity index (χ2v) is 15.2. The van der Waals surface area contributed by atoms with Gasteiger partial charge in [0.05, 0.1) is 6.61 Å². The Bertz CT molecular complexity index is 1140. The minimum atomic E-state index is -0.568. The molecule has 0 aliphatic carbocycles. The number of unbranched alkanes of at least 4 members (excludes halogenated alkanes) is 15. The monoisotopic (exact) mass is 805 g/mol. The Kier molecular flexibility index (Phi) is 45.5. The van der Waals surface area contributed by atoms with Gasteiger partial charge in [0.2, 0.25) is 0 Å². The van der Waals surface area contributed by atoms with E-state index in [1.807, 2.05) is 0 Å². The predicted octanol–water partition coefficient (Wildman–Crippen LogP) is 15.9. The summed E-state index contributed by atoms with van der Waals surface area (Å²) < 4.78 is 17.3. The lowest BCUT2D eigenvalue weighted by Crippen LogP contribution is -2.30. The first kappa shape index (κ1) is 54.8. The lowest BCUT2D eigenvalue weighted by molar-refractivity contribution is -0.163. The smallest absolute Gasteiger partial charge is 0.306 e. The molecule has 0 bridgehead atoms. The molecule has 0 saturated carbocycles. The highest BCUT2D eigenvalue weighted by molar-refractivity contribution is 5.70. The third-order valence-corrected chi connectivity index (χ3v) is 9.58. The van der Waals surface area contributed by atoms with Crippen molar-refractivity contribution < 1.29 is 23.8 Å². The van der Waals surface area contributed by atoms with E-state index >= 15 is 0 Å². The number of ether oxygens (including phenoxy) is 3. The molecule has 0 aliphatic heterocycles. The van der Waals surface area contributed by atoms with Crippen LogP contribution in [0, 0.1) is 0 Å². The van der Waals surface area contributed by atoms with E-state index < -0.39 is 6.10 Å². The lowest BCUT2D eigenvalue weighted by atomic mass is 10.1. The first-order valence-electron chi connectivity index (χ1n) is 23.8. The molecule has 0 N–H and O–H groups in total. The number of carbonyl (C=O) groups excluding carboxylic acids is 2. The quantitative estimate of drug-likeness (QED) is 0.0349. The van der Waals surface area contributed by atoms with E-state index in [0.717, 1.165) is 122 Å². The van der Waals surface area contributed by atoms with Gasteiger partial charge in [0, 0.05) is 19.4 Å². The maximum absolute atomic E-state index is 12.7. The number of carbonyl (C=O) groups is 2. The summed E-state index contributed by atoms with van der Waals surface area (Å²) in [6, 6.07) is 0. The SMILES string of the molecule is CC/C=C\C/C=C\C/C=C\C/C=C\CCCCCOCC(COC(=O)CCCCCCC/C=C\C/C=C\C/C=C\CC)OC(=O)CCCCCCC/C=C\CCCC. The summed E-state index contributed by atoms with van der Waals surface area (Å²) in [6.45, 7) is 7.45. The maximum Gasteiger partial charge on any atom is 0.306 e. The Hall–Kier alpha value is -3.18. The number of hydrogen-bond acceptors (Lipinski definition) is 5. The van der Waals surface area contributed by atoms with Crippen LogP contribution in [-0.4, -0.2) is 37.9 Å². The van der Waals surface area contributed by atoms with Crippen molar-refractivity contribution in [2.24, 2.45) is 0 Å². The van der Waals surface area contributed by atoms with Gasteiger partial charge in [-0.25, -0.2) is 0 Å². The summed E-state index contributed by atoms with van der Waals surface area (Å²) in [5.41, 5.74) is 0. The molecule has 58 heavy (non-hydrogen) atoms. The lowest BCUT2D eigenvalue weighted by Gasteiger charge is -2.18. The van der Waals surface area contributed by atoms with Crippen molar-refractivity contribution in [1.29, 1.82) is 0 Å². The minimum absolute atomic E-state index is 0.0547. The van der Waals surface area contributed by atoms with Crippen LogP contribution < -0.4 is 0 Å². The Morgan fingerprint density at radius 2 is 0.776 bits per heavy atom. The maximum atomic E-state index is 12.7. The normalized spacial score (nSPS) is 13.1. The molecule has 1 unspecified atom stereocenters. The molecule has 0 radical (unpaired) electrons. The fourth-order valence-corrected chi connectivity index (χ4v) is 6.08. The molecule has 0 heterocycles. The summed E-state index contributed by atoms with van der Waals surface area (Å²) in [6.07, 6.45) is 64.1. The Balaban J connectivity index is 4.36. The minimum Gasteiger partial charge on any atom is -0.462 e. The van der Waals surface area contributed by atoms with E-state index in [9.17, 15) is 9.59 Å². The molecule has 0 spiro atoms. The highest BCUT2D eigenvalue weighted by atomic mass is 16.6. The molecule has 0 aromatic heterocycles. The zero-order valence-corrected chi connectivity index (χ0v) is 37.8. The zero-order valence-electron chi connectivity index (χ0n) is 37.8. The number of allylic oxidation sites excluding steroid dienone is 16. The second kappa shape index (κ2) is 48.2. The summed E-state index contributed by atoms with van der Waals surface area (Å²) >= 11 is 0. The molecular formula is C53H88O5. The molecular weight excluding hydrogens is 717 g/mol. The summed E-state index contributed by atoms with van der Waals surface area (Å²) in [4.78, 5) is 25.3. The van der Waals surface area contributed by atoms with Crippen molar-refractivity contribution in [3.63, 3.8) is 0 Å². The fraction of sp³-hybridized carbons (Fsp3) is 0.660. The standard InChI is InChI=1S/C53H88O5/c1-4-7-10-13-16-19-22-24-26-28-30-33-36-39-42-45-48-56-49-51(58-53(55)47-44-41-38-35-31-21-18-15-12-9-6-3)50-57-52(54)46-43-40-37-34-32-29-27-25-23-20-17-14-11-8-5-2/h7-8,10-11,15-20,24-27,30,33,51H,4-6,9,12-14,21-23,28-29,31-32,34-50H2,1-3H3/b10-7-,11-8-,18-15-,19-16-,20-17-,26-24-,27-25-,33-30-. The van der Waals surface area contributed by atoms with Crippen LogP contribution in [0.3, 0.4) is 0 Å².